The van der Waals surface area contributed by atoms with Gasteiger partial charge >= 0.3 is 0 Å². The van der Waals surface area contributed by atoms with E-state index >= 15 is 0 Å². The normalized spacial score (nSPS) is 19.9. The Morgan fingerprint density at radius 3 is 2.76 bits per heavy atom. The number of carbonyl (C=O) groups is 1. The number of nitro groups is 1. The van der Waals surface area contributed by atoms with E-state index in [1.807, 2.05) is 0 Å². The number of benzene rings is 1. The van der Waals surface area contributed by atoms with E-state index < -0.39 is 11.1 Å². The van der Waals surface area contributed by atoms with Gasteiger partial charge in [-0.05, 0) is 54.4 Å². The fourth-order valence-electron chi connectivity index (χ4n) is 4.89. The lowest BCUT2D eigenvalue weighted by Crippen LogP contribution is -2.38. The van der Waals surface area contributed by atoms with Crippen molar-refractivity contribution in [2.45, 2.75) is 52.6 Å². The van der Waals surface area contributed by atoms with E-state index in [0.717, 1.165) is 36.2 Å². The van der Waals surface area contributed by atoms with E-state index in [2.05, 4.69) is 31.4 Å². The summed E-state index contributed by atoms with van der Waals surface area (Å²) < 4.78 is 5.96. The van der Waals surface area contributed by atoms with Crippen LogP contribution in [-0.2, 0) is 12.8 Å². The average molecular weight is 466 g/mol. The molecule has 2 N–H and O–H groups in total. The summed E-state index contributed by atoms with van der Waals surface area (Å²) >= 11 is 1.68. The van der Waals surface area contributed by atoms with Crippen molar-refractivity contribution in [1.82, 2.24) is 5.32 Å². The van der Waals surface area contributed by atoms with Gasteiger partial charge in [-0.25, -0.2) is 0 Å². The summed E-state index contributed by atoms with van der Waals surface area (Å²) in [5.74, 6) is 1.43. The van der Waals surface area contributed by atoms with E-state index in [0.29, 0.717) is 23.0 Å². The molecule has 33 heavy (non-hydrogen) atoms. The number of fused-ring (bicyclic) bond motifs is 3. The third-order valence-electron chi connectivity index (χ3n) is 7.34. The summed E-state index contributed by atoms with van der Waals surface area (Å²) in [6.45, 7) is 6.92. The molecule has 3 aromatic rings. The molecule has 0 spiro atoms. The lowest BCUT2D eigenvalue weighted by atomic mass is 9.69. The van der Waals surface area contributed by atoms with Crippen LogP contribution in [0.15, 0.2) is 40.8 Å². The number of para-hydroxylation sites is 1. The third kappa shape index (κ3) is 3.72. The summed E-state index contributed by atoms with van der Waals surface area (Å²) in [6, 6.07) is 9.93. The highest BCUT2D eigenvalue weighted by Gasteiger charge is 2.38. The number of amides is 1. The number of anilines is 1. The molecule has 5 rings (SSSR count). The van der Waals surface area contributed by atoms with Gasteiger partial charge in [0.15, 0.2) is 6.17 Å². The lowest BCUT2D eigenvalue weighted by Gasteiger charge is -2.36. The highest BCUT2D eigenvalue weighted by Crippen LogP contribution is 2.47. The summed E-state index contributed by atoms with van der Waals surface area (Å²) in [7, 11) is 0. The Hall–Kier alpha value is -3.13. The molecule has 0 saturated heterocycles. The van der Waals surface area contributed by atoms with E-state index in [1.54, 1.807) is 41.7 Å². The first-order chi connectivity index (χ1) is 15.8. The second-order valence-electron chi connectivity index (χ2n) is 9.52. The van der Waals surface area contributed by atoms with Crippen LogP contribution in [0.25, 0.3) is 11.3 Å². The van der Waals surface area contributed by atoms with E-state index in [4.69, 9.17) is 4.42 Å². The lowest BCUT2D eigenvalue weighted by molar-refractivity contribution is -0.384. The van der Waals surface area contributed by atoms with Crippen LogP contribution in [0.2, 0.25) is 0 Å². The zero-order valence-corrected chi connectivity index (χ0v) is 19.8. The van der Waals surface area contributed by atoms with Gasteiger partial charge < -0.3 is 15.1 Å². The summed E-state index contributed by atoms with van der Waals surface area (Å²) in [4.78, 5) is 25.3. The Labute approximate surface area is 196 Å². The minimum atomic E-state index is -0.524. The van der Waals surface area contributed by atoms with Gasteiger partial charge in [-0.15, -0.1) is 11.3 Å². The van der Waals surface area contributed by atoms with Gasteiger partial charge in [0.05, 0.1) is 16.1 Å². The van der Waals surface area contributed by atoms with Gasteiger partial charge in [0.1, 0.15) is 16.5 Å². The predicted molar refractivity (Wildman–Crippen MR) is 129 cm³/mol. The van der Waals surface area contributed by atoms with Gasteiger partial charge in [-0.2, -0.15) is 0 Å². The fourth-order valence-corrected chi connectivity index (χ4v) is 6.24. The van der Waals surface area contributed by atoms with Crippen LogP contribution in [0, 0.1) is 21.4 Å². The highest BCUT2D eigenvalue weighted by atomic mass is 32.1. The van der Waals surface area contributed by atoms with Crippen molar-refractivity contribution in [1.29, 1.82) is 0 Å². The largest absolute Gasteiger partial charge is 0.457 e. The molecule has 0 bridgehead atoms. The molecule has 0 fully saturated rings. The summed E-state index contributed by atoms with van der Waals surface area (Å²) in [5.41, 5.74) is 2.63. The molecule has 2 atom stereocenters. The number of nitro benzene ring substituents is 1. The molecule has 1 aliphatic carbocycles. The third-order valence-corrected chi connectivity index (χ3v) is 8.52. The topological polar surface area (TPSA) is 97.4 Å². The number of nitrogens with one attached hydrogen (secondary N) is 2. The average Bonchev–Trinajstić information content (AvgIpc) is 3.43. The first-order valence-corrected chi connectivity index (χ1v) is 12.2. The molecular formula is C25H27N3O4S. The molecule has 1 amide bonds. The van der Waals surface area contributed by atoms with Gasteiger partial charge in [-0.3, -0.25) is 14.9 Å². The van der Waals surface area contributed by atoms with Gasteiger partial charge in [0, 0.05) is 10.9 Å². The number of rotatable bonds is 5. The summed E-state index contributed by atoms with van der Waals surface area (Å²) in [6.07, 6.45) is 3.66. The molecule has 1 aliphatic heterocycles. The molecule has 0 radical (unpaired) electrons. The van der Waals surface area contributed by atoms with Crippen molar-refractivity contribution in [3.05, 3.63) is 68.3 Å². The van der Waals surface area contributed by atoms with Crippen molar-refractivity contribution in [2.24, 2.45) is 11.3 Å². The van der Waals surface area contributed by atoms with Crippen molar-refractivity contribution >= 4 is 27.9 Å². The SMILES string of the molecule is CCC(C)(C)[C@H]1CCc2c(sc3c2C(=O)N[C@@H](c2ccc(-c4ccccc4[N+](=O)[O-])o2)N3)C1. The molecule has 7 nitrogen and oxygen atoms in total. The van der Waals surface area contributed by atoms with E-state index in [1.165, 1.54) is 16.5 Å². The number of carbonyl (C=O) groups excluding carboxylic acids is 1. The van der Waals surface area contributed by atoms with E-state index in [-0.39, 0.29) is 17.0 Å². The van der Waals surface area contributed by atoms with Crippen LogP contribution in [0.5, 0.6) is 0 Å². The molecule has 0 saturated carbocycles. The molecule has 2 aromatic heterocycles. The Balaban J connectivity index is 1.42. The fraction of sp³-hybridized carbons (Fsp3) is 0.400. The van der Waals surface area contributed by atoms with Crippen molar-refractivity contribution in [3.8, 4) is 11.3 Å². The molecule has 0 unspecified atom stereocenters. The number of hydrogen-bond acceptors (Lipinski definition) is 6. The molecule has 172 valence electrons. The van der Waals surface area contributed by atoms with Gasteiger partial charge in [0.2, 0.25) is 0 Å². The first-order valence-electron chi connectivity index (χ1n) is 11.3. The van der Waals surface area contributed by atoms with Crippen LogP contribution >= 0.6 is 11.3 Å². The zero-order chi connectivity index (χ0) is 23.3. The number of furan rings is 1. The minimum Gasteiger partial charge on any atom is -0.457 e. The molecule has 2 aliphatic rings. The van der Waals surface area contributed by atoms with E-state index in [9.17, 15) is 14.9 Å². The maximum atomic E-state index is 13.1. The number of hydrogen-bond donors (Lipinski definition) is 2. The van der Waals surface area contributed by atoms with Gasteiger partial charge in [-0.1, -0.05) is 39.3 Å². The maximum Gasteiger partial charge on any atom is 0.280 e. The number of nitrogens with zero attached hydrogens (tertiary/aromatic N) is 1. The summed E-state index contributed by atoms with van der Waals surface area (Å²) in [5, 5.41) is 18.7. The van der Waals surface area contributed by atoms with Crippen LogP contribution in [0.4, 0.5) is 10.7 Å². The van der Waals surface area contributed by atoms with Gasteiger partial charge in [0.25, 0.3) is 11.6 Å². The maximum absolute atomic E-state index is 13.1. The first kappa shape index (κ1) is 21.7. The van der Waals surface area contributed by atoms with Crippen molar-refractivity contribution in [2.75, 3.05) is 5.32 Å². The quantitative estimate of drug-likeness (QED) is 0.340. The molecule has 1 aromatic carbocycles. The molecule has 8 heteroatoms. The molecular weight excluding hydrogens is 438 g/mol. The Morgan fingerprint density at radius 1 is 1.21 bits per heavy atom. The Morgan fingerprint density at radius 2 is 2.00 bits per heavy atom. The zero-order valence-electron chi connectivity index (χ0n) is 18.9. The van der Waals surface area contributed by atoms with Crippen LogP contribution in [0.1, 0.15) is 66.3 Å². The molecule has 3 heterocycles. The van der Waals surface area contributed by atoms with Crippen LogP contribution in [0.3, 0.4) is 0 Å². The standard InChI is InChI=1S/C25H27N3O4S/c1-4-25(2,3)14-9-10-16-20(13-14)33-24-21(16)23(29)26-22(27-24)19-12-11-18(32-19)15-7-5-6-8-17(15)28(30)31/h5-8,11-12,14,22,27H,4,9-10,13H2,1-3H3,(H,26,29)/t14-,22+/m0/s1. The monoisotopic (exact) mass is 465 g/mol. The van der Waals surface area contributed by atoms with Crippen molar-refractivity contribution < 1.29 is 14.1 Å². The Kier molecular flexibility index (Phi) is 5.28. The second-order valence-corrected chi connectivity index (χ2v) is 10.6. The highest BCUT2D eigenvalue weighted by molar-refractivity contribution is 7.16. The van der Waals surface area contributed by atoms with Crippen LogP contribution < -0.4 is 10.6 Å². The van der Waals surface area contributed by atoms with Crippen LogP contribution in [-0.4, -0.2) is 10.8 Å². The number of thiophene rings is 1. The van der Waals surface area contributed by atoms with Crippen molar-refractivity contribution in [3.63, 3.8) is 0 Å². The smallest absolute Gasteiger partial charge is 0.280 e. The Bertz CT molecular complexity index is 1240. The second kappa shape index (κ2) is 8.02. The minimum absolute atomic E-state index is 0.0168. The predicted octanol–water partition coefficient (Wildman–Crippen LogP) is 6.31.